The molecule has 5 heteroatoms. The van der Waals surface area contributed by atoms with Crippen LogP contribution >= 0.6 is 0 Å². The molecule has 0 aromatic carbocycles. The summed E-state index contributed by atoms with van der Waals surface area (Å²) in [6, 6.07) is 3.69. The van der Waals surface area contributed by atoms with Gasteiger partial charge in [0.1, 0.15) is 0 Å². The third-order valence-corrected chi connectivity index (χ3v) is 5.23. The molecule has 0 bridgehead atoms. The molecule has 126 valence electrons. The van der Waals surface area contributed by atoms with Gasteiger partial charge in [0, 0.05) is 24.8 Å². The van der Waals surface area contributed by atoms with Crippen molar-refractivity contribution in [2.75, 3.05) is 23.3 Å². The number of anilines is 2. The van der Waals surface area contributed by atoms with Crippen molar-refractivity contribution in [3.05, 3.63) is 18.3 Å². The van der Waals surface area contributed by atoms with Crippen LogP contribution in [0.4, 0.5) is 16.3 Å². The summed E-state index contributed by atoms with van der Waals surface area (Å²) in [6.07, 6.45) is 8.64. The van der Waals surface area contributed by atoms with E-state index in [0.717, 1.165) is 43.4 Å². The summed E-state index contributed by atoms with van der Waals surface area (Å²) in [6.45, 7) is 6.48. The molecule has 0 atom stereocenters. The van der Waals surface area contributed by atoms with Crippen molar-refractivity contribution >= 4 is 17.5 Å². The van der Waals surface area contributed by atoms with Crippen molar-refractivity contribution in [3.63, 3.8) is 0 Å². The topological polar surface area (TPSA) is 57.3 Å². The van der Waals surface area contributed by atoms with E-state index in [1.165, 1.54) is 25.7 Å². The first-order chi connectivity index (χ1) is 11.1. The average molecular weight is 316 g/mol. The maximum atomic E-state index is 12.5. The Bertz CT molecular complexity index is 546. The summed E-state index contributed by atoms with van der Waals surface area (Å²) in [5, 5.41) is 6.20. The van der Waals surface area contributed by atoms with E-state index in [4.69, 9.17) is 0 Å². The van der Waals surface area contributed by atoms with Crippen LogP contribution in [-0.2, 0) is 0 Å². The fourth-order valence-corrected chi connectivity index (χ4v) is 3.63. The number of carbonyl (C=O) groups is 1. The fraction of sp³-hybridized carbons (Fsp3) is 0.667. The Balaban J connectivity index is 1.64. The molecular weight excluding hydrogens is 288 g/mol. The Morgan fingerprint density at radius 2 is 2.00 bits per heavy atom. The quantitative estimate of drug-likeness (QED) is 0.892. The van der Waals surface area contributed by atoms with E-state index < -0.39 is 0 Å². The molecule has 0 spiro atoms. The van der Waals surface area contributed by atoms with Crippen molar-refractivity contribution in [1.29, 1.82) is 0 Å². The molecule has 0 unspecified atom stereocenters. The number of carbonyl (C=O) groups excluding carboxylic acids is 1. The minimum atomic E-state index is -0.115. The zero-order chi connectivity index (χ0) is 16.3. The van der Waals surface area contributed by atoms with E-state index in [0.29, 0.717) is 0 Å². The molecular formula is C18H28N4O. The van der Waals surface area contributed by atoms with Gasteiger partial charge in [0.05, 0.1) is 5.69 Å². The minimum Gasteiger partial charge on any atom is -0.355 e. The first kappa shape index (κ1) is 16.1. The van der Waals surface area contributed by atoms with Crippen LogP contribution < -0.4 is 15.5 Å². The Hall–Kier alpha value is -1.78. The van der Waals surface area contributed by atoms with Crippen LogP contribution in [0.15, 0.2) is 18.3 Å². The van der Waals surface area contributed by atoms with Crippen LogP contribution in [-0.4, -0.2) is 29.6 Å². The third kappa shape index (κ3) is 3.95. The first-order valence-corrected chi connectivity index (χ1v) is 8.85. The predicted octanol–water partition coefficient (Wildman–Crippen LogP) is 3.77. The minimum absolute atomic E-state index is 0.0907. The highest BCUT2D eigenvalue weighted by Gasteiger charge is 2.31. The van der Waals surface area contributed by atoms with Gasteiger partial charge < -0.3 is 15.5 Å². The molecule has 2 fully saturated rings. The fourth-order valence-electron chi connectivity index (χ4n) is 3.63. The molecule has 1 aliphatic carbocycles. The average Bonchev–Trinajstić information content (AvgIpc) is 3.05. The lowest BCUT2D eigenvalue weighted by Gasteiger charge is -2.37. The third-order valence-electron chi connectivity index (χ3n) is 5.23. The van der Waals surface area contributed by atoms with Crippen LogP contribution in [0.2, 0.25) is 0 Å². The van der Waals surface area contributed by atoms with Gasteiger partial charge in [-0.05, 0) is 63.5 Å². The standard InChI is InChI=1S/C18H28N4O/c1-14-7-9-18(2,10-8-14)21-17(23)20-15-6-5-11-19-16(15)22-12-3-4-13-22/h5-6,11,14H,3-4,7-10,12-13H2,1-2H3,(H2,20,21,23). The second-order valence-corrected chi connectivity index (χ2v) is 7.39. The lowest BCUT2D eigenvalue weighted by Crippen LogP contribution is -2.49. The van der Waals surface area contributed by atoms with Crippen molar-refractivity contribution in [2.45, 2.75) is 57.9 Å². The number of nitrogens with zero attached hydrogens (tertiary/aromatic N) is 2. The molecule has 1 aliphatic heterocycles. The summed E-state index contributed by atoms with van der Waals surface area (Å²) >= 11 is 0. The lowest BCUT2D eigenvalue weighted by molar-refractivity contribution is 0.204. The number of hydrogen-bond donors (Lipinski definition) is 2. The largest absolute Gasteiger partial charge is 0.355 e. The van der Waals surface area contributed by atoms with Crippen LogP contribution in [0.25, 0.3) is 0 Å². The molecule has 5 nitrogen and oxygen atoms in total. The van der Waals surface area contributed by atoms with Gasteiger partial charge in [0.15, 0.2) is 5.82 Å². The van der Waals surface area contributed by atoms with Gasteiger partial charge in [-0.15, -0.1) is 0 Å². The first-order valence-electron chi connectivity index (χ1n) is 8.85. The molecule has 2 heterocycles. The summed E-state index contributed by atoms with van der Waals surface area (Å²) in [5.74, 6) is 1.66. The van der Waals surface area contributed by atoms with Crippen molar-refractivity contribution in [1.82, 2.24) is 10.3 Å². The van der Waals surface area contributed by atoms with Gasteiger partial charge in [-0.3, -0.25) is 0 Å². The Morgan fingerprint density at radius 3 is 2.70 bits per heavy atom. The molecule has 1 saturated carbocycles. The van der Waals surface area contributed by atoms with E-state index in [1.807, 2.05) is 12.1 Å². The molecule has 2 aliphatic rings. The van der Waals surface area contributed by atoms with E-state index in [-0.39, 0.29) is 11.6 Å². The second-order valence-electron chi connectivity index (χ2n) is 7.39. The molecule has 2 N–H and O–H groups in total. The van der Waals surface area contributed by atoms with Crippen molar-refractivity contribution < 1.29 is 4.79 Å². The van der Waals surface area contributed by atoms with Crippen LogP contribution in [0, 0.1) is 5.92 Å². The summed E-state index contributed by atoms with van der Waals surface area (Å²) in [5.41, 5.74) is 0.715. The number of aromatic nitrogens is 1. The molecule has 23 heavy (non-hydrogen) atoms. The summed E-state index contributed by atoms with van der Waals surface area (Å²) in [7, 11) is 0. The summed E-state index contributed by atoms with van der Waals surface area (Å²) in [4.78, 5) is 19.2. The van der Waals surface area contributed by atoms with Crippen LogP contribution in [0.5, 0.6) is 0 Å². The smallest absolute Gasteiger partial charge is 0.319 e. The number of nitrogens with one attached hydrogen (secondary N) is 2. The van der Waals surface area contributed by atoms with E-state index >= 15 is 0 Å². The van der Waals surface area contributed by atoms with Gasteiger partial charge in [-0.25, -0.2) is 9.78 Å². The molecule has 3 rings (SSSR count). The molecule has 0 radical (unpaired) electrons. The highest BCUT2D eigenvalue weighted by molar-refractivity contribution is 5.92. The molecule has 1 saturated heterocycles. The zero-order valence-electron chi connectivity index (χ0n) is 14.3. The Labute approximate surface area is 138 Å². The van der Waals surface area contributed by atoms with E-state index in [1.54, 1.807) is 6.20 Å². The number of urea groups is 1. The van der Waals surface area contributed by atoms with Crippen molar-refractivity contribution in [3.8, 4) is 0 Å². The second kappa shape index (κ2) is 6.77. The van der Waals surface area contributed by atoms with Gasteiger partial charge in [-0.1, -0.05) is 6.92 Å². The normalized spacial score (nSPS) is 27.7. The molecule has 2 amide bonds. The maximum absolute atomic E-state index is 12.5. The van der Waals surface area contributed by atoms with Crippen molar-refractivity contribution in [2.24, 2.45) is 5.92 Å². The van der Waals surface area contributed by atoms with Crippen LogP contribution in [0.1, 0.15) is 52.4 Å². The van der Waals surface area contributed by atoms with Gasteiger partial charge in [-0.2, -0.15) is 0 Å². The highest BCUT2D eigenvalue weighted by atomic mass is 16.2. The maximum Gasteiger partial charge on any atom is 0.319 e. The van der Waals surface area contributed by atoms with Crippen LogP contribution in [0.3, 0.4) is 0 Å². The zero-order valence-corrected chi connectivity index (χ0v) is 14.3. The number of rotatable bonds is 3. The van der Waals surface area contributed by atoms with E-state index in [2.05, 4.69) is 34.4 Å². The molecule has 1 aromatic heterocycles. The number of pyridine rings is 1. The Kier molecular flexibility index (Phi) is 4.74. The molecule has 1 aromatic rings. The summed E-state index contributed by atoms with van der Waals surface area (Å²) < 4.78 is 0. The lowest BCUT2D eigenvalue weighted by atomic mass is 9.78. The van der Waals surface area contributed by atoms with Gasteiger partial charge >= 0.3 is 6.03 Å². The SMILES string of the molecule is CC1CCC(C)(NC(=O)Nc2cccnc2N2CCCC2)CC1. The highest BCUT2D eigenvalue weighted by Crippen LogP contribution is 2.32. The van der Waals surface area contributed by atoms with E-state index in [9.17, 15) is 4.79 Å². The monoisotopic (exact) mass is 316 g/mol. The van der Waals surface area contributed by atoms with Gasteiger partial charge in [0.2, 0.25) is 0 Å². The van der Waals surface area contributed by atoms with Gasteiger partial charge in [0.25, 0.3) is 0 Å². The number of hydrogen-bond acceptors (Lipinski definition) is 3. The predicted molar refractivity (Wildman–Crippen MR) is 93.9 cm³/mol. The Morgan fingerprint density at radius 1 is 1.30 bits per heavy atom. The number of amides is 2.